The Hall–Kier alpha value is -1.74. The lowest BCUT2D eigenvalue weighted by Crippen LogP contribution is -2.48. The number of hydrazone groups is 1. The summed E-state index contributed by atoms with van der Waals surface area (Å²) in [6.07, 6.45) is -1.83. The van der Waals surface area contributed by atoms with Crippen molar-refractivity contribution in [2.45, 2.75) is 0 Å². The van der Waals surface area contributed by atoms with E-state index in [4.69, 9.17) is 32.4 Å². The Morgan fingerprint density at radius 2 is 1.64 bits per heavy atom. The molecule has 0 heterocycles. The molecule has 0 spiro atoms. The van der Waals surface area contributed by atoms with Gasteiger partial charge in [0.2, 0.25) is 5.96 Å². The highest BCUT2D eigenvalue weighted by Gasteiger charge is 1.88. The van der Waals surface area contributed by atoms with Crippen LogP contribution in [0.25, 0.3) is 0 Å². The van der Waals surface area contributed by atoms with Gasteiger partial charge >= 0.3 is 6.16 Å². The zero-order valence-corrected chi connectivity index (χ0v) is 5.51. The maximum Gasteiger partial charge on any atom is 0.503 e. The SMILES string of the molecule is NN=C(N)N(N)N.O=C(O)O. The first-order chi connectivity index (χ1) is 4.91. The minimum atomic E-state index is -1.83. The number of nitrogens with zero attached hydrogens (tertiary/aromatic N) is 2. The molecule has 9 nitrogen and oxygen atoms in total. The molecule has 0 aliphatic heterocycles. The fourth-order valence-corrected chi connectivity index (χ4v) is 0.0667. The topological polar surface area (TPSA) is 177 Å². The Labute approximate surface area is 61.8 Å². The number of hydrogen-bond acceptors (Lipinski definition) is 5. The fourth-order valence-electron chi connectivity index (χ4n) is 0.0667. The lowest BCUT2D eigenvalue weighted by molar-refractivity contribution is 0.137. The van der Waals surface area contributed by atoms with Crippen LogP contribution in [0.4, 0.5) is 4.79 Å². The molecule has 0 bridgehead atoms. The molecule has 0 radical (unpaired) electrons. The van der Waals surface area contributed by atoms with E-state index in [0.717, 1.165) is 0 Å². The summed E-state index contributed by atoms with van der Waals surface area (Å²) in [5.41, 5.74) is 4.92. The zero-order chi connectivity index (χ0) is 9.44. The average molecular weight is 166 g/mol. The number of rotatable bonds is 0. The van der Waals surface area contributed by atoms with Crippen molar-refractivity contribution in [1.82, 2.24) is 5.12 Å². The van der Waals surface area contributed by atoms with Crippen molar-refractivity contribution < 1.29 is 15.0 Å². The fraction of sp³-hybridized carbons (Fsp3) is 0. The van der Waals surface area contributed by atoms with Gasteiger partial charge in [0, 0.05) is 0 Å². The van der Waals surface area contributed by atoms with Crippen LogP contribution in [0.5, 0.6) is 0 Å². The standard InChI is InChI=1S/CH8N6.CH2O3/c2-1(6-3)7(4)5;2-1(3)4/h3-5H2,(H2,2,6);(H2,2,3,4). The molecule has 0 aromatic heterocycles. The summed E-state index contributed by atoms with van der Waals surface area (Å²) in [4.78, 5) is 8.56. The predicted octanol–water partition coefficient (Wildman–Crippen LogP) is -2.55. The van der Waals surface area contributed by atoms with E-state index in [1.54, 1.807) is 0 Å². The van der Waals surface area contributed by atoms with Gasteiger partial charge in [0.1, 0.15) is 0 Å². The van der Waals surface area contributed by atoms with Gasteiger partial charge in [-0.1, -0.05) is 0 Å². The van der Waals surface area contributed by atoms with Crippen molar-refractivity contribution in [3.8, 4) is 0 Å². The Morgan fingerprint density at radius 3 is 1.64 bits per heavy atom. The summed E-state index contributed by atoms with van der Waals surface area (Å²) in [7, 11) is 0. The van der Waals surface area contributed by atoms with Gasteiger partial charge in [-0.2, -0.15) is 0 Å². The second kappa shape index (κ2) is 6.38. The molecule has 0 unspecified atom stereocenters. The van der Waals surface area contributed by atoms with Crippen molar-refractivity contribution in [3.63, 3.8) is 0 Å². The maximum atomic E-state index is 8.56. The van der Waals surface area contributed by atoms with Crippen LogP contribution in [-0.4, -0.2) is 27.4 Å². The first-order valence-electron chi connectivity index (χ1n) is 2.16. The summed E-state index contributed by atoms with van der Waals surface area (Å²) in [5.74, 6) is 14.2. The van der Waals surface area contributed by atoms with Crippen molar-refractivity contribution >= 4 is 12.1 Å². The van der Waals surface area contributed by atoms with Gasteiger partial charge in [-0.25, -0.2) is 21.6 Å². The van der Waals surface area contributed by atoms with Gasteiger partial charge in [-0.05, 0) is 0 Å². The average Bonchev–Trinajstić information content (AvgIpc) is 1.85. The van der Waals surface area contributed by atoms with E-state index < -0.39 is 6.16 Å². The quantitative estimate of drug-likeness (QED) is 0.0984. The zero-order valence-electron chi connectivity index (χ0n) is 5.51. The summed E-state index contributed by atoms with van der Waals surface area (Å²) < 4.78 is 0. The van der Waals surface area contributed by atoms with E-state index >= 15 is 0 Å². The van der Waals surface area contributed by atoms with Crippen LogP contribution in [0.3, 0.4) is 0 Å². The van der Waals surface area contributed by atoms with Crippen LogP contribution >= 0.6 is 0 Å². The summed E-state index contributed by atoms with van der Waals surface area (Å²) in [6, 6.07) is 0. The minimum absolute atomic E-state index is 0.111. The van der Waals surface area contributed by atoms with E-state index in [9.17, 15) is 0 Å². The molecular weight excluding hydrogens is 156 g/mol. The highest BCUT2D eigenvalue weighted by molar-refractivity contribution is 5.76. The van der Waals surface area contributed by atoms with Crippen LogP contribution in [0.1, 0.15) is 0 Å². The molecule has 0 atom stereocenters. The van der Waals surface area contributed by atoms with Crippen LogP contribution in [-0.2, 0) is 0 Å². The van der Waals surface area contributed by atoms with Crippen molar-refractivity contribution in [2.24, 2.45) is 28.4 Å². The first kappa shape index (κ1) is 12.0. The Kier molecular flexibility index (Phi) is 6.95. The number of guanidine groups is 1. The molecule has 9 heteroatoms. The highest BCUT2D eigenvalue weighted by atomic mass is 16.6. The Bertz CT molecular complexity index is 139. The largest absolute Gasteiger partial charge is 0.503 e. The van der Waals surface area contributed by atoms with Gasteiger partial charge in [0.05, 0.1) is 0 Å². The molecule has 0 fully saturated rings. The third-order valence-corrected chi connectivity index (χ3v) is 0.397. The van der Waals surface area contributed by atoms with Gasteiger partial charge < -0.3 is 21.8 Å². The number of carboxylic acid groups (broad SMARTS) is 2. The smallest absolute Gasteiger partial charge is 0.450 e. The van der Waals surface area contributed by atoms with Crippen LogP contribution < -0.4 is 23.3 Å². The first-order valence-corrected chi connectivity index (χ1v) is 2.16. The summed E-state index contributed by atoms with van der Waals surface area (Å²) >= 11 is 0. The minimum Gasteiger partial charge on any atom is -0.450 e. The molecule has 0 aromatic rings. The molecule has 0 rings (SSSR count). The number of nitrogens with two attached hydrogens (primary N) is 4. The monoisotopic (exact) mass is 166 g/mol. The third-order valence-electron chi connectivity index (χ3n) is 0.397. The second-order valence-electron chi connectivity index (χ2n) is 1.18. The molecule has 0 aliphatic carbocycles. The summed E-state index contributed by atoms with van der Waals surface area (Å²) in [6.45, 7) is 0. The highest BCUT2D eigenvalue weighted by Crippen LogP contribution is 1.55. The number of hydrogen-bond donors (Lipinski definition) is 6. The lowest BCUT2D eigenvalue weighted by Gasteiger charge is -2.06. The maximum absolute atomic E-state index is 8.56. The Morgan fingerprint density at radius 1 is 1.36 bits per heavy atom. The lowest BCUT2D eigenvalue weighted by atomic mass is 11.0. The second-order valence-corrected chi connectivity index (χ2v) is 1.18. The van der Waals surface area contributed by atoms with Crippen LogP contribution in [0, 0.1) is 0 Å². The molecule has 66 valence electrons. The van der Waals surface area contributed by atoms with E-state index in [1.807, 2.05) is 0 Å². The molecule has 0 saturated carbocycles. The van der Waals surface area contributed by atoms with E-state index in [2.05, 4.69) is 10.9 Å². The molecule has 10 N–H and O–H groups in total. The van der Waals surface area contributed by atoms with Crippen molar-refractivity contribution in [1.29, 1.82) is 0 Å². The third kappa shape index (κ3) is 17.8. The molecule has 11 heavy (non-hydrogen) atoms. The van der Waals surface area contributed by atoms with Crippen LogP contribution in [0.2, 0.25) is 0 Å². The van der Waals surface area contributed by atoms with Gasteiger partial charge in [-0.3, -0.25) is 0 Å². The molecule has 0 aromatic carbocycles. The van der Waals surface area contributed by atoms with Gasteiger partial charge in [0.15, 0.2) is 0 Å². The van der Waals surface area contributed by atoms with Gasteiger partial charge in [-0.15, -0.1) is 5.10 Å². The van der Waals surface area contributed by atoms with Crippen molar-refractivity contribution in [2.75, 3.05) is 0 Å². The molecular formula is C2H10N6O3. The molecule has 0 saturated heterocycles. The van der Waals surface area contributed by atoms with Crippen molar-refractivity contribution in [3.05, 3.63) is 0 Å². The summed E-state index contributed by atoms with van der Waals surface area (Å²) in [5, 5.41) is 17.5. The molecule has 0 aliphatic rings. The van der Waals surface area contributed by atoms with Gasteiger partial charge in [0.25, 0.3) is 0 Å². The number of carbonyl (C=O) groups is 1. The number of hydrazine groups is 2. The van der Waals surface area contributed by atoms with Crippen LogP contribution in [0.15, 0.2) is 5.10 Å². The molecule has 0 amide bonds. The van der Waals surface area contributed by atoms with E-state index in [-0.39, 0.29) is 5.96 Å². The Balaban J connectivity index is 0. The normalized spacial score (nSPS) is 9.45. The van der Waals surface area contributed by atoms with E-state index in [1.165, 1.54) is 0 Å². The van der Waals surface area contributed by atoms with E-state index in [0.29, 0.717) is 5.12 Å². The predicted molar refractivity (Wildman–Crippen MR) is 36.7 cm³/mol.